The molecule has 14 heavy (non-hydrogen) atoms. The lowest BCUT2D eigenvalue weighted by Crippen LogP contribution is -2.43. The molecule has 82 valence electrons. The van der Waals surface area contributed by atoms with Gasteiger partial charge in [0.25, 0.3) is 0 Å². The van der Waals surface area contributed by atoms with Gasteiger partial charge in [-0.05, 0) is 27.2 Å². The largest absolute Gasteiger partial charge is 0.466 e. The topological polar surface area (TPSA) is 44.8 Å². The highest BCUT2D eigenvalue weighted by atomic mass is 16.7. The summed E-state index contributed by atoms with van der Waals surface area (Å²) in [7, 11) is 0. The van der Waals surface area contributed by atoms with E-state index in [1.165, 1.54) is 0 Å². The second kappa shape index (κ2) is 4.75. The summed E-state index contributed by atoms with van der Waals surface area (Å²) in [6.45, 7) is 6.57. The average molecular weight is 202 g/mol. The van der Waals surface area contributed by atoms with Gasteiger partial charge in [-0.1, -0.05) is 0 Å². The van der Waals surface area contributed by atoms with Crippen molar-refractivity contribution < 1.29 is 19.0 Å². The maximum Gasteiger partial charge on any atom is 0.311 e. The van der Waals surface area contributed by atoms with Crippen molar-refractivity contribution in [2.45, 2.75) is 45.5 Å². The van der Waals surface area contributed by atoms with E-state index in [1.54, 1.807) is 13.8 Å². The molecule has 0 aliphatic carbocycles. The van der Waals surface area contributed by atoms with Crippen LogP contribution in [0.4, 0.5) is 0 Å². The Kier molecular flexibility index (Phi) is 3.89. The van der Waals surface area contributed by atoms with Crippen LogP contribution in [-0.2, 0) is 19.0 Å². The van der Waals surface area contributed by atoms with Crippen LogP contribution < -0.4 is 0 Å². The van der Waals surface area contributed by atoms with Crippen LogP contribution in [0.1, 0.15) is 33.6 Å². The van der Waals surface area contributed by atoms with E-state index in [9.17, 15) is 4.79 Å². The summed E-state index contributed by atoms with van der Waals surface area (Å²) in [6.07, 6.45) is 1.17. The number of hydrogen-bond donors (Lipinski definition) is 0. The zero-order valence-electron chi connectivity index (χ0n) is 9.04. The van der Waals surface area contributed by atoms with Crippen molar-refractivity contribution in [2.24, 2.45) is 0 Å². The van der Waals surface area contributed by atoms with Crippen molar-refractivity contribution in [3.8, 4) is 0 Å². The van der Waals surface area contributed by atoms with Gasteiger partial charge in [0.05, 0.1) is 25.7 Å². The number of rotatable bonds is 3. The van der Waals surface area contributed by atoms with E-state index in [-0.39, 0.29) is 18.5 Å². The minimum absolute atomic E-state index is 0.142. The smallest absolute Gasteiger partial charge is 0.311 e. The molecule has 1 rings (SSSR count). The maximum absolute atomic E-state index is 11.2. The van der Waals surface area contributed by atoms with E-state index in [0.717, 1.165) is 6.42 Å². The predicted molar refractivity (Wildman–Crippen MR) is 50.8 cm³/mol. The van der Waals surface area contributed by atoms with Crippen LogP contribution in [0.2, 0.25) is 0 Å². The molecule has 0 aromatic carbocycles. The third kappa shape index (κ3) is 3.27. The molecule has 1 saturated heterocycles. The molecule has 1 aliphatic rings. The standard InChI is InChI=1S/C10H18O4/c1-4-12-9(11)7-10(3)13-6-5-8(2)14-10/h8H,4-7H2,1-3H3. The fourth-order valence-corrected chi connectivity index (χ4v) is 1.53. The first-order valence-electron chi connectivity index (χ1n) is 5.03. The number of carbonyl (C=O) groups is 1. The van der Waals surface area contributed by atoms with E-state index >= 15 is 0 Å². The van der Waals surface area contributed by atoms with Crippen molar-refractivity contribution in [2.75, 3.05) is 13.2 Å². The molecule has 1 fully saturated rings. The fraction of sp³-hybridized carbons (Fsp3) is 0.900. The lowest BCUT2D eigenvalue weighted by molar-refractivity contribution is -0.281. The molecular formula is C10H18O4. The molecule has 0 N–H and O–H groups in total. The van der Waals surface area contributed by atoms with Gasteiger partial charge >= 0.3 is 5.97 Å². The van der Waals surface area contributed by atoms with Crippen molar-refractivity contribution >= 4 is 5.97 Å². The average Bonchev–Trinajstić information content (AvgIpc) is 2.02. The van der Waals surface area contributed by atoms with Crippen LogP contribution in [0.15, 0.2) is 0 Å². The van der Waals surface area contributed by atoms with Crippen LogP contribution in [0.5, 0.6) is 0 Å². The Bertz CT molecular complexity index is 204. The first-order chi connectivity index (χ1) is 6.56. The highest BCUT2D eigenvalue weighted by molar-refractivity contribution is 5.70. The first kappa shape index (κ1) is 11.5. The van der Waals surface area contributed by atoms with Crippen molar-refractivity contribution in [3.63, 3.8) is 0 Å². The molecule has 0 saturated carbocycles. The number of carbonyl (C=O) groups excluding carboxylic acids is 1. The molecule has 0 amide bonds. The third-order valence-corrected chi connectivity index (χ3v) is 2.15. The van der Waals surface area contributed by atoms with Crippen LogP contribution in [0, 0.1) is 0 Å². The SMILES string of the molecule is CCOC(=O)CC1(C)OCCC(C)O1. The molecule has 2 atom stereocenters. The summed E-state index contributed by atoms with van der Waals surface area (Å²) < 4.78 is 15.8. The van der Waals surface area contributed by atoms with Gasteiger partial charge in [-0.3, -0.25) is 4.79 Å². The fourth-order valence-electron chi connectivity index (χ4n) is 1.53. The normalized spacial score (nSPS) is 32.6. The van der Waals surface area contributed by atoms with Gasteiger partial charge in [0, 0.05) is 0 Å². The van der Waals surface area contributed by atoms with Gasteiger partial charge in [0.1, 0.15) is 0 Å². The van der Waals surface area contributed by atoms with E-state index in [0.29, 0.717) is 13.2 Å². The molecule has 0 aromatic heterocycles. The zero-order valence-corrected chi connectivity index (χ0v) is 9.04. The molecule has 1 heterocycles. The van der Waals surface area contributed by atoms with Gasteiger partial charge < -0.3 is 14.2 Å². The minimum atomic E-state index is -0.802. The van der Waals surface area contributed by atoms with Crippen molar-refractivity contribution in [1.82, 2.24) is 0 Å². The van der Waals surface area contributed by atoms with Gasteiger partial charge in [0.15, 0.2) is 5.79 Å². The summed E-state index contributed by atoms with van der Waals surface area (Å²) in [5.74, 6) is -1.08. The van der Waals surface area contributed by atoms with Gasteiger partial charge in [-0.15, -0.1) is 0 Å². The lowest BCUT2D eigenvalue weighted by atomic mass is 10.1. The summed E-state index contributed by atoms with van der Waals surface area (Å²) in [5.41, 5.74) is 0. The molecule has 0 bridgehead atoms. The number of ether oxygens (including phenoxy) is 3. The second-order valence-corrected chi connectivity index (χ2v) is 3.68. The second-order valence-electron chi connectivity index (χ2n) is 3.68. The van der Waals surface area contributed by atoms with Crippen LogP contribution >= 0.6 is 0 Å². The van der Waals surface area contributed by atoms with Crippen LogP contribution in [0.25, 0.3) is 0 Å². The van der Waals surface area contributed by atoms with Crippen LogP contribution in [-0.4, -0.2) is 31.1 Å². The monoisotopic (exact) mass is 202 g/mol. The molecule has 4 nitrogen and oxygen atoms in total. The molecular weight excluding hydrogens is 184 g/mol. The summed E-state index contributed by atoms with van der Waals surface area (Å²) in [4.78, 5) is 11.2. The molecule has 0 aromatic rings. The van der Waals surface area contributed by atoms with E-state index in [2.05, 4.69) is 0 Å². The summed E-state index contributed by atoms with van der Waals surface area (Å²) in [6, 6.07) is 0. The number of hydrogen-bond acceptors (Lipinski definition) is 4. The van der Waals surface area contributed by atoms with Gasteiger partial charge in [0.2, 0.25) is 0 Å². The number of esters is 1. The molecule has 1 aliphatic heterocycles. The maximum atomic E-state index is 11.2. The zero-order chi connectivity index (χ0) is 10.6. The van der Waals surface area contributed by atoms with E-state index in [1.807, 2.05) is 6.92 Å². The van der Waals surface area contributed by atoms with Gasteiger partial charge in [-0.25, -0.2) is 0 Å². The van der Waals surface area contributed by atoms with E-state index < -0.39 is 5.79 Å². The van der Waals surface area contributed by atoms with Gasteiger partial charge in [-0.2, -0.15) is 0 Å². The molecule has 0 radical (unpaired) electrons. The Morgan fingerprint density at radius 3 is 2.93 bits per heavy atom. The molecule has 0 spiro atoms. The summed E-state index contributed by atoms with van der Waals surface area (Å²) >= 11 is 0. The Morgan fingerprint density at radius 2 is 2.36 bits per heavy atom. The van der Waals surface area contributed by atoms with Crippen LogP contribution in [0.3, 0.4) is 0 Å². The Labute approximate surface area is 84.5 Å². The minimum Gasteiger partial charge on any atom is -0.466 e. The summed E-state index contributed by atoms with van der Waals surface area (Å²) in [5, 5.41) is 0. The first-order valence-corrected chi connectivity index (χ1v) is 5.03. The Hall–Kier alpha value is -0.610. The molecule has 4 heteroatoms. The van der Waals surface area contributed by atoms with Crippen molar-refractivity contribution in [3.05, 3.63) is 0 Å². The molecule has 2 unspecified atom stereocenters. The van der Waals surface area contributed by atoms with E-state index in [4.69, 9.17) is 14.2 Å². The predicted octanol–water partition coefficient (Wildman–Crippen LogP) is 1.48. The highest BCUT2D eigenvalue weighted by Gasteiger charge is 2.35. The lowest BCUT2D eigenvalue weighted by Gasteiger charge is -2.36. The van der Waals surface area contributed by atoms with Crippen molar-refractivity contribution in [1.29, 1.82) is 0 Å². The Morgan fingerprint density at radius 1 is 1.64 bits per heavy atom. The quantitative estimate of drug-likeness (QED) is 0.650. The Balaban J connectivity index is 2.43. The highest BCUT2D eigenvalue weighted by Crippen LogP contribution is 2.26. The third-order valence-electron chi connectivity index (χ3n) is 2.15.